The van der Waals surface area contributed by atoms with E-state index >= 15 is 0 Å². The second-order valence-corrected chi connectivity index (χ2v) is 5.72. The number of amides is 1. The number of benzene rings is 2. The van der Waals surface area contributed by atoms with Gasteiger partial charge in [-0.3, -0.25) is 4.79 Å². The Morgan fingerprint density at radius 3 is 2.43 bits per heavy atom. The van der Waals surface area contributed by atoms with Gasteiger partial charge in [-0.15, -0.1) is 0 Å². The van der Waals surface area contributed by atoms with Crippen LogP contribution in [0.15, 0.2) is 73.1 Å². The highest BCUT2D eigenvalue weighted by molar-refractivity contribution is 5.94. The van der Waals surface area contributed by atoms with Crippen molar-refractivity contribution >= 4 is 5.91 Å². The van der Waals surface area contributed by atoms with Gasteiger partial charge in [-0.25, -0.2) is 4.98 Å². The Balaban J connectivity index is 1.74. The third-order valence-electron chi connectivity index (χ3n) is 4.33. The molecule has 0 radical (unpaired) electrons. The summed E-state index contributed by atoms with van der Waals surface area (Å²) >= 11 is 0. The van der Waals surface area contributed by atoms with E-state index in [1.807, 2.05) is 59.6 Å². The lowest BCUT2D eigenvalue weighted by molar-refractivity contribution is 0.0584. The van der Waals surface area contributed by atoms with Crippen LogP contribution in [0.1, 0.15) is 27.8 Å². The zero-order chi connectivity index (χ0) is 15.6. The third-order valence-corrected chi connectivity index (χ3v) is 4.33. The van der Waals surface area contributed by atoms with E-state index in [1.54, 1.807) is 6.20 Å². The molecule has 1 aliphatic rings. The van der Waals surface area contributed by atoms with Gasteiger partial charge in [0.25, 0.3) is 5.91 Å². The van der Waals surface area contributed by atoms with E-state index in [-0.39, 0.29) is 11.9 Å². The second kappa shape index (κ2) is 5.72. The number of hydrogen-bond donors (Lipinski definition) is 0. The number of hydrogen-bond acceptors (Lipinski definition) is 2. The molecule has 4 rings (SSSR count). The Morgan fingerprint density at radius 2 is 1.70 bits per heavy atom. The maximum Gasteiger partial charge on any atom is 0.254 e. The number of carbonyl (C=O) groups excluding carboxylic acids is 1. The van der Waals surface area contributed by atoms with Crippen LogP contribution in [0, 0.1) is 0 Å². The van der Waals surface area contributed by atoms with Gasteiger partial charge in [0, 0.05) is 24.5 Å². The molecule has 1 aromatic heterocycles. The number of imidazole rings is 1. The topological polar surface area (TPSA) is 38.1 Å². The highest BCUT2D eigenvalue weighted by Gasteiger charge is 2.31. The standard InChI is InChI=1S/C19H17N3O/c23-19(16-9-5-2-6-10-16)22-14-18-20-11-12-21(18)13-17(22)15-7-3-1-4-8-15/h1-12,17H,13-14H2/t17-/m1/s1. The smallest absolute Gasteiger partial charge is 0.254 e. The van der Waals surface area contributed by atoms with Crippen LogP contribution in [0.4, 0.5) is 0 Å². The van der Waals surface area contributed by atoms with Crippen LogP contribution in [0.3, 0.4) is 0 Å². The first-order valence-corrected chi connectivity index (χ1v) is 7.74. The first kappa shape index (κ1) is 13.8. The lowest BCUT2D eigenvalue weighted by Gasteiger charge is -2.36. The van der Waals surface area contributed by atoms with Gasteiger partial charge in [-0.05, 0) is 17.7 Å². The number of rotatable bonds is 2. The summed E-state index contributed by atoms with van der Waals surface area (Å²) in [6.45, 7) is 1.26. The van der Waals surface area contributed by atoms with Crippen molar-refractivity contribution in [3.8, 4) is 0 Å². The molecule has 114 valence electrons. The Hall–Kier alpha value is -2.88. The molecule has 1 amide bonds. The molecule has 0 fully saturated rings. The van der Waals surface area contributed by atoms with E-state index in [0.29, 0.717) is 12.1 Å². The van der Waals surface area contributed by atoms with Crippen molar-refractivity contribution in [2.75, 3.05) is 0 Å². The maximum absolute atomic E-state index is 13.0. The van der Waals surface area contributed by atoms with Crippen LogP contribution in [-0.2, 0) is 13.1 Å². The molecule has 23 heavy (non-hydrogen) atoms. The van der Waals surface area contributed by atoms with Gasteiger partial charge < -0.3 is 9.47 Å². The second-order valence-electron chi connectivity index (χ2n) is 5.72. The molecular weight excluding hydrogens is 286 g/mol. The Kier molecular flexibility index (Phi) is 3.42. The summed E-state index contributed by atoms with van der Waals surface area (Å²) in [5.74, 6) is 0.982. The van der Waals surface area contributed by atoms with Crippen molar-refractivity contribution in [1.29, 1.82) is 0 Å². The van der Waals surface area contributed by atoms with Crippen LogP contribution in [0.2, 0.25) is 0 Å². The molecule has 0 aliphatic carbocycles. The largest absolute Gasteiger partial charge is 0.331 e. The average Bonchev–Trinajstić information content (AvgIpc) is 3.09. The minimum absolute atomic E-state index is 0.0191. The van der Waals surface area contributed by atoms with Crippen LogP contribution in [-0.4, -0.2) is 20.4 Å². The fourth-order valence-electron chi connectivity index (χ4n) is 3.13. The first-order valence-electron chi connectivity index (χ1n) is 7.74. The summed E-state index contributed by atoms with van der Waals surface area (Å²) in [6, 6.07) is 19.7. The molecule has 3 aromatic rings. The minimum Gasteiger partial charge on any atom is -0.331 e. The van der Waals surface area contributed by atoms with Gasteiger partial charge in [0.2, 0.25) is 0 Å². The molecule has 2 heterocycles. The molecule has 4 nitrogen and oxygen atoms in total. The first-order chi connectivity index (χ1) is 11.3. The van der Waals surface area contributed by atoms with Crippen LogP contribution < -0.4 is 0 Å². The molecule has 0 N–H and O–H groups in total. The van der Waals surface area contributed by atoms with Crippen molar-refractivity contribution < 1.29 is 4.79 Å². The van der Waals surface area contributed by atoms with Crippen LogP contribution in [0.5, 0.6) is 0 Å². The normalized spacial score (nSPS) is 16.9. The molecule has 2 aromatic carbocycles. The molecule has 4 heteroatoms. The molecule has 0 bridgehead atoms. The lowest BCUT2D eigenvalue weighted by Crippen LogP contribution is -2.41. The third kappa shape index (κ3) is 2.52. The molecular formula is C19H17N3O. The Bertz CT molecular complexity index is 811. The highest BCUT2D eigenvalue weighted by Crippen LogP contribution is 2.30. The van der Waals surface area contributed by atoms with E-state index in [2.05, 4.69) is 21.7 Å². The van der Waals surface area contributed by atoms with Gasteiger partial charge in [-0.1, -0.05) is 48.5 Å². The monoisotopic (exact) mass is 303 g/mol. The summed E-state index contributed by atoms with van der Waals surface area (Å²) in [7, 11) is 0. The zero-order valence-corrected chi connectivity index (χ0v) is 12.7. The number of fused-ring (bicyclic) bond motifs is 1. The summed E-state index contributed by atoms with van der Waals surface area (Å²) in [4.78, 5) is 19.3. The van der Waals surface area contributed by atoms with E-state index in [4.69, 9.17) is 0 Å². The van der Waals surface area contributed by atoms with Crippen molar-refractivity contribution in [2.24, 2.45) is 0 Å². The van der Waals surface area contributed by atoms with Crippen LogP contribution >= 0.6 is 0 Å². The Labute approximate surface area is 135 Å². The number of carbonyl (C=O) groups is 1. The summed E-state index contributed by atoms with van der Waals surface area (Å²) < 4.78 is 2.13. The SMILES string of the molecule is O=C(c1ccccc1)N1Cc2nccn2C[C@@H]1c1ccccc1. The maximum atomic E-state index is 13.0. The number of nitrogens with zero attached hydrogens (tertiary/aromatic N) is 3. The summed E-state index contributed by atoms with van der Waals surface area (Å²) in [5.41, 5.74) is 1.87. The molecule has 1 aliphatic heterocycles. The van der Waals surface area contributed by atoms with Gasteiger partial charge >= 0.3 is 0 Å². The van der Waals surface area contributed by atoms with Gasteiger partial charge in [-0.2, -0.15) is 0 Å². The summed E-state index contributed by atoms with van der Waals surface area (Å²) in [5, 5.41) is 0. The predicted octanol–water partition coefficient (Wildman–Crippen LogP) is 3.28. The molecule has 1 atom stereocenters. The van der Waals surface area contributed by atoms with Crippen molar-refractivity contribution in [2.45, 2.75) is 19.1 Å². The highest BCUT2D eigenvalue weighted by atomic mass is 16.2. The molecule has 0 saturated heterocycles. The predicted molar refractivity (Wildman–Crippen MR) is 87.7 cm³/mol. The fourth-order valence-corrected chi connectivity index (χ4v) is 3.13. The van der Waals surface area contributed by atoms with Gasteiger partial charge in [0.05, 0.1) is 12.6 Å². The minimum atomic E-state index is 0.0191. The summed E-state index contributed by atoms with van der Waals surface area (Å²) in [6.07, 6.45) is 3.78. The van der Waals surface area contributed by atoms with Crippen molar-refractivity contribution in [3.63, 3.8) is 0 Å². The van der Waals surface area contributed by atoms with Gasteiger partial charge in [0.15, 0.2) is 0 Å². The zero-order valence-electron chi connectivity index (χ0n) is 12.7. The van der Waals surface area contributed by atoms with E-state index in [9.17, 15) is 4.79 Å². The molecule has 0 spiro atoms. The van der Waals surface area contributed by atoms with Crippen molar-refractivity contribution in [1.82, 2.24) is 14.5 Å². The molecule has 0 saturated carbocycles. The van der Waals surface area contributed by atoms with Gasteiger partial charge in [0.1, 0.15) is 5.82 Å². The Morgan fingerprint density at radius 1 is 1.00 bits per heavy atom. The molecule has 0 unspecified atom stereocenters. The van der Waals surface area contributed by atoms with Crippen molar-refractivity contribution in [3.05, 3.63) is 90.0 Å². The van der Waals surface area contributed by atoms with E-state index in [1.165, 1.54) is 0 Å². The van der Waals surface area contributed by atoms with E-state index < -0.39 is 0 Å². The van der Waals surface area contributed by atoms with Crippen LogP contribution in [0.25, 0.3) is 0 Å². The van der Waals surface area contributed by atoms with E-state index in [0.717, 1.165) is 17.9 Å². The lowest BCUT2D eigenvalue weighted by atomic mass is 10.0. The fraction of sp³-hybridized carbons (Fsp3) is 0.158. The average molecular weight is 303 g/mol. The quantitative estimate of drug-likeness (QED) is 0.728. The number of aromatic nitrogens is 2.